The van der Waals surface area contributed by atoms with Gasteiger partial charge in [0.25, 0.3) is 5.56 Å². The molecule has 3 rings (SSSR count). The second kappa shape index (κ2) is 7.92. The van der Waals surface area contributed by atoms with Crippen LogP contribution >= 0.6 is 15.9 Å². The quantitative estimate of drug-likeness (QED) is 0.673. The van der Waals surface area contributed by atoms with Gasteiger partial charge >= 0.3 is 5.69 Å². The molecule has 1 atom stereocenters. The fraction of sp³-hybridized carbons (Fsp3) is 0.250. The van der Waals surface area contributed by atoms with Gasteiger partial charge in [-0.3, -0.25) is 18.7 Å². The lowest BCUT2D eigenvalue weighted by Crippen LogP contribution is -2.43. The number of carbonyl (C=O) groups excluding carboxylic acids is 1. The van der Waals surface area contributed by atoms with Crippen molar-refractivity contribution in [2.75, 3.05) is 5.32 Å². The van der Waals surface area contributed by atoms with Crippen molar-refractivity contribution in [1.29, 1.82) is 0 Å². The van der Waals surface area contributed by atoms with Gasteiger partial charge in [-0.2, -0.15) is 0 Å². The Balaban J connectivity index is 2.05. The van der Waals surface area contributed by atoms with E-state index < -0.39 is 5.69 Å². The van der Waals surface area contributed by atoms with Crippen molar-refractivity contribution in [3.63, 3.8) is 0 Å². The number of fused-ring (bicyclic) bond motifs is 1. The zero-order valence-electron chi connectivity index (χ0n) is 15.1. The van der Waals surface area contributed by atoms with E-state index in [-0.39, 0.29) is 24.1 Å². The van der Waals surface area contributed by atoms with Crippen LogP contribution in [0.3, 0.4) is 0 Å². The number of anilines is 1. The zero-order chi connectivity index (χ0) is 19.6. The van der Waals surface area contributed by atoms with Crippen molar-refractivity contribution < 1.29 is 4.79 Å². The number of benzene rings is 2. The maximum absolute atomic E-state index is 13.0. The monoisotopic (exact) mass is 429 g/mol. The minimum atomic E-state index is -0.473. The van der Waals surface area contributed by atoms with Crippen LogP contribution in [0.15, 0.2) is 62.6 Å². The highest BCUT2D eigenvalue weighted by molar-refractivity contribution is 9.10. The maximum atomic E-state index is 13.0. The first-order valence-corrected chi connectivity index (χ1v) is 9.51. The van der Waals surface area contributed by atoms with Crippen LogP contribution in [0.4, 0.5) is 5.69 Å². The Bertz CT molecular complexity index is 1100. The normalized spacial score (nSPS) is 12.1. The molecule has 0 saturated carbocycles. The molecule has 0 bridgehead atoms. The molecule has 0 aliphatic rings. The number of nitrogens with zero attached hydrogens (tertiary/aromatic N) is 2. The summed E-state index contributed by atoms with van der Waals surface area (Å²) in [6.45, 7) is 3.56. The molecule has 2 aromatic carbocycles. The SMILES string of the molecule is CC[C@@H](C)n1c(=O)c2ccccc2n(CC(=O)Nc2ccc(Br)cc2)c1=O. The first-order valence-electron chi connectivity index (χ1n) is 8.72. The van der Waals surface area contributed by atoms with Crippen LogP contribution in [0.2, 0.25) is 0 Å². The molecule has 0 aliphatic heterocycles. The van der Waals surface area contributed by atoms with Gasteiger partial charge in [-0.1, -0.05) is 35.0 Å². The number of hydrogen-bond acceptors (Lipinski definition) is 3. The van der Waals surface area contributed by atoms with E-state index in [1.807, 2.05) is 26.0 Å². The number of nitrogens with one attached hydrogen (secondary N) is 1. The topological polar surface area (TPSA) is 73.1 Å². The lowest BCUT2D eigenvalue weighted by atomic mass is 10.2. The van der Waals surface area contributed by atoms with Gasteiger partial charge in [-0.05, 0) is 49.7 Å². The van der Waals surface area contributed by atoms with Gasteiger partial charge in [-0.15, -0.1) is 0 Å². The smallest absolute Gasteiger partial charge is 0.325 e. The highest BCUT2D eigenvalue weighted by Crippen LogP contribution is 2.15. The minimum Gasteiger partial charge on any atom is -0.325 e. The molecule has 1 aromatic heterocycles. The number of amides is 1. The average molecular weight is 430 g/mol. The molecule has 0 saturated heterocycles. The van der Waals surface area contributed by atoms with Crippen LogP contribution in [-0.4, -0.2) is 15.0 Å². The van der Waals surface area contributed by atoms with Crippen LogP contribution in [0.25, 0.3) is 10.9 Å². The molecule has 3 aromatic rings. The molecular weight excluding hydrogens is 410 g/mol. The van der Waals surface area contributed by atoms with E-state index in [0.717, 1.165) is 4.47 Å². The molecule has 1 amide bonds. The van der Waals surface area contributed by atoms with Crippen LogP contribution in [0, 0.1) is 0 Å². The highest BCUT2D eigenvalue weighted by atomic mass is 79.9. The molecule has 0 aliphatic carbocycles. The molecule has 27 heavy (non-hydrogen) atoms. The highest BCUT2D eigenvalue weighted by Gasteiger charge is 2.17. The van der Waals surface area contributed by atoms with Crippen LogP contribution in [0.1, 0.15) is 26.3 Å². The van der Waals surface area contributed by atoms with Gasteiger partial charge in [-0.25, -0.2) is 4.79 Å². The first kappa shape index (κ1) is 19.1. The van der Waals surface area contributed by atoms with Crippen molar-refractivity contribution >= 4 is 38.4 Å². The van der Waals surface area contributed by atoms with Gasteiger partial charge in [0.15, 0.2) is 0 Å². The summed E-state index contributed by atoms with van der Waals surface area (Å²) in [5.74, 6) is -0.334. The van der Waals surface area contributed by atoms with Gasteiger partial charge in [0.2, 0.25) is 5.91 Å². The molecule has 1 N–H and O–H groups in total. The first-order chi connectivity index (χ1) is 12.9. The number of rotatable bonds is 5. The van der Waals surface area contributed by atoms with Crippen molar-refractivity contribution in [3.05, 3.63) is 73.8 Å². The second-order valence-electron chi connectivity index (χ2n) is 6.37. The molecule has 0 fully saturated rings. The Hall–Kier alpha value is -2.67. The molecule has 0 unspecified atom stereocenters. The Morgan fingerprint density at radius 3 is 2.44 bits per heavy atom. The van der Waals surface area contributed by atoms with E-state index >= 15 is 0 Å². The Kier molecular flexibility index (Phi) is 5.60. The number of hydrogen-bond donors (Lipinski definition) is 1. The predicted octanol–water partition coefficient (Wildman–Crippen LogP) is 3.54. The van der Waals surface area contributed by atoms with Crippen LogP contribution in [0.5, 0.6) is 0 Å². The fourth-order valence-corrected chi connectivity index (χ4v) is 3.21. The molecule has 0 radical (unpaired) electrons. The lowest BCUT2D eigenvalue weighted by Gasteiger charge is -2.17. The van der Waals surface area contributed by atoms with Crippen molar-refractivity contribution in [3.8, 4) is 0 Å². The van der Waals surface area contributed by atoms with E-state index in [9.17, 15) is 14.4 Å². The summed E-state index contributed by atoms with van der Waals surface area (Å²) >= 11 is 3.35. The van der Waals surface area contributed by atoms with E-state index in [2.05, 4.69) is 21.2 Å². The number of carbonyl (C=O) groups is 1. The van der Waals surface area contributed by atoms with Crippen LogP contribution in [-0.2, 0) is 11.3 Å². The number of halogens is 1. The Morgan fingerprint density at radius 1 is 1.11 bits per heavy atom. The second-order valence-corrected chi connectivity index (χ2v) is 7.29. The standard InChI is InChI=1S/C20H20BrN3O3/c1-3-13(2)24-19(26)16-6-4-5-7-17(16)23(20(24)27)12-18(25)22-15-10-8-14(21)9-11-15/h4-11,13H,3,12H2,1-2H3,(H,22,25)/t13-/m1/s1. The summed E-state index contributed by atoms with van der Waals surface area (Å²) < 4.78 is 3.50. The third-order valence-corrected chi connectivity index (χ3v) is 5.07. The summed E-state index contributed by atoms with van der Waals surface area (Å²) in [5.41, 5.74) is 0.294. The van der Waals surface area contributed by atoms with Gasteiger partial charge in [0, 0.05) is 16.2 Å². The molecule has 7 heteroatoms. The van der Waals surface area contributed by atoms with Crippen LogP contribution < -0.4 is 16.6 Å². The molecular formula is C20H20BrN3O3. The van der Waals surface area contributed by atoms with Crippen molar-refractivity contribution in [2.45, 2.75) is 32.9 Å². The number of aromatic nitrogens is 2. The molecule has 6 nitrogen and oxygen atoms in total. The molecule has 1 heterocycles. The Labute approximate surface area is 164 Å². The summed E-state index contributed by atoms with van der Waals surface area (Å²) in [5, 5.41) is 3.20. The van der Waals surface area contributed by atoms with E-state index in [1.54, 1.807) is 36.4 Å². The van der Waals surface area contributed by atoms with E-state index in [0.29, 0.717) is 23.0 Å². The summed E-state index contributed by atoms with van der Waals surface area (Å²) in [6.07, 6.45) is 0.637. The minimum absolute atomic E-state index is 0.174. The third-order valence-electron chi connectivity index (χ3n) is 4.54. The summed E-state index contributed by atoms with van der Waals surface area (Å²) in [6, 6.07) is 13.8. The van der Waals surface area contributed by atoms with Gasteiger partial charge < -0.3 is 5.32 Å². The maximum Gasteiger partial charge on any atom is 0.332 e. The zero-order valence-corrected chi connectivity index (χ0v) is 16.7. The summed E-state index contributed by atoms with van der Waals surface area (Å²) in [7, 11) is 0. The largest absolute Gasteiger partial charge is 0.332 e. The average Bonchev–Trinajstić information content (AvgIpc) is 2.67. The summed E-state index contributed by atoms with van der Waals surface area (Å²) in [4.78, 5) is 38.3. The van der Waals surface area contributed by atoms with Crippen molar-refractivity contribution in [2.24, 2.45) is 0 Å². The van der Waals surface area contributed by atoms with Gasteiger partial charge in [0.1, 0.15) is 6.54 Å². The third kappa shape index (κ3) is 3.88. The Morgan fingerprint density at radius 2 is 1.78 bits per heavy atom. The predicted molar refractivity (Wildman–Crippen MR) is 110 cm³/mol. The number of para-hydroxylation sites is 1. The molecule has 140 valence electrons. The van der Waals surface area contributed by atoms with E-state index in [1.165, 1.54) is 9.13 Å². The van der Waals surface area contributed by atoms with Gasteiger partial charge in [0.05, 0.1) is 10.9 Å². The lowest BCUT2D eigenvalue weighted by molar-refractivity contribution is -0.116. The molecule has 0 spiro atoms. The van der Waals surface area contributed by atoms with E-state index in [4.69, 9.17) is 0 Å². The fourth-order valence-electron chi connectivity index (χ4n) is 2.94. The van der Waals surface area contributed by atoms with Crippen molar-refractivity contribution in [1.82, 2.24) is 9.13 Å².